The van der Waals surface area contributed by atoms with Crippen molar-refractivity contribution in [3.05, 3.63) is 0 Å². The molecule has 8 heavy (non-hydrogen) atoms. The van der Waals surface area contributed by atoms with E-state index in [9.17, 15) is 0 Å². The van der Waals surface area contributed by atoms with Gasteiger partial charge < -0.3 is 5.32 Å². The molecule has 0 aromatic rings. The standard InChI is InChI=1S/C4H9N.C2H6.HI/c1-2-4-5-3-1;1-2;/h5H,1-4H2;1-2H3;1H. The first-order valence-corrected chi connectivity index (χ1v) is 3.21. The van der Waals surface area contributed by atoms with Gasteiger partial charge in [-0.2, -0.15) is 0 Å². The Morgan fingerprint density at radius 3 is 1.50 bits per heavy atom. The quantitative estimate of drug-likeness (QED) is 0.626. The lowest BCUT2D eigenvalue weighted by Gasteiger charge is -1.76. The third-order valence-corrected chi connectivity index (χ3v) is 0.957. The molecule has 1 aliphatic heterocycles. The zero-order valence-corrected chi connectivity index (χ0v) is 8.07. The fourth-order valence-electron chi connectivity index (χ4n) is 0.625. The van der Waals surface area contributed by atoms with E-state index in [4.69, 9.17) is 0 Å². The summed E-state index contributed by atoms with van der Waals surface area (Å²) in [6, 6.07) is 0. The van der Waals surface area contributed by atoms with Crippen molar-refractivity contribution >= 4 is 24.0 Å². The van der Waals surface area contributed by atoms with E-state index in [1.54, 1.807) is 0 Å². The molecule has 0 spiro atoms. The molecule has 1 fully saturated rings. The van der Waals surface area contributed by atoms with Gasteiger partial charge in [-0.3, -0.25) is 0 Å². The fraction of sp³-hybridized carbons (Fsp3) is 1.00. The Morgan fingerprint density at radius 1 is 1.00 bits per heavy atom. The summed E-state index contributed by atoms with van der Waals surface area (Å²) >= 11 is 0. The van der Waals surface area contributed by atoms with Gasteiger partial charge in [-0.05, 0) is 25.9 Å². The molecule has 0 unspecified atom stereocenters. The Balaban J connectivity index is 0. The Hall–Kier alpha value is 0.690. The summed E-state index contributed by atoms with van der Waals surface area (Å²) < 4.78 is 0. The summed E-state index contributed by atoms with van der Waals surface area (Å²) in [6.45, 7) is 6.50. The molecule has 1 N–H and O–H groups in total. The molecule has 0 saturated carbocycles. The molecule has 0 radical (unpaired) electrons. The van der Waals surface area contributed by atoms with Gasteiger partial charge in [-0.15, -0.1) is 24.0 Å². The SMILES string of the molecule is C1CCNC1.CC.I. The molecule has 0 amide bonds. The third-order valence-electron chi connectivity index (χ3n) is 0.957. The summed E-state index contributed by atoms with van der Waals surface area (Å²) in [5.41, 5.74) is 0. The number of hydrogen-bond donors (Lipinski definition) is 1. The number of hydrogen-bond acceptors (Lipinski definition) is 1. The highest BCUT2D eigenvalue weighted by Gasteiger charge is 1.93. The minimum Gasteiger partial charge on any atom is -0.317 e. The molecule has 1 aliphatic rings. The molecule has 1 rings (SSSR count). The number of halogens is 1. The van der Waals surface area contributed by atoms with Gasteiger partial charge in [0, 0.05) is 0 Å². The van der Waals surface area contributed by atoms with Crippen molar-refractivity contribution in [1.82, 2.24) is 5.32 Å². The minimum absolute atomic E-state index is 0. The zero-order chi connectivity index (χ0) is 5.54. The Morgan fingerprint density at radius 2 is 1.38 bits per heavy atom. The molecule has 1 heterocycles. The summed E-state index contributed by atoms with van der Waals surface area (Å²) in [7, 11) is 0. The molecule has 0 aromatic heterocycles. The smallest absolute Gasteiger partial charge is 0.00484 e. The average Bonchev–Trinajstić information content (AvgIpc) is 2.23. The van der Waals surface area contributed by atoms with Crippen LogP contribution in [0.3, 0.4) is 0 Å². The molecule has 1 saturated heterocycles. The Labute approximate surface area is 69.3 Å². The lowest BCUT2D eigenvalue weighted by atomic mass is 10.4. The molecule has 52 valence electrons. The monoisotopic (exact) mass is 229 g/mol. The van der Waals surface area contributed by atoms with Crippen LogP contribution >= 0.6 is 24.0 Å². The van der Waals surface area contributed by atoms with Crippen LogP contribution in [-0.4, -0.2) is 13.1 Å². The maximum atomic E-state index is 3.22. The lowest BCUT2D eigenvalue weighted by molar-refractivity contribution is 0.857. The van der Waals surface area contributed by atoms with Crippen LogP contribution in [-0.2, 0) is 0 Å². The molecular weight excluding hydrogens is 213 g/mol. The van der Waals surface area contributed by atoms with Gasteiger partial charge in [0.1, 0.15) is 0 Å². The molecule has 2 heteroatoms. The van der Waals surface area contributed by atoms with Crippen LogP contribution in [0.4, 0.5) is 0 Å². The first kappa shape index (κ1) is 11.5. The predicted octanol–water partition coefficient (Wildman–Crippen LogP) is 2.01. The summed E-state index contributed by atoms with van der Waals surface area (Å²) in [6.07, 6.45) is 2.78. The predicted molar refractivity (Wildman–Crippen MR) is 48.9 cm³/mol. The first-order chi connectivity index (χ1) is 3.50. The van der Waals surface area contributed by atoms with Crippen LogP contribution in [0.5, 0.6) is 0 Å². The van der Waals surface area contributed by atoms with E-state index in [1.807, 2.05) is 13.8 Å². The summed E-state index contributed by atoms with van der Waals surface area (Å²) in [5.74, 6) is 0. The number of rotatable bonds is 0. The first-order valence-electron chi connectivity index (χ1n) is 3.21. The van der Waals surface area contributed by atoms with E-state index in [0.29, 0.717) is 0 Å². The van der Waals surface area contributed by atoms with Gasteiger partial charge >= 0.3 is 0 Å². The highest BCUT2D eigenvalue weighted by molar-refractivity contribution is 14.0. The molecular formula is C6H16IN. The van der Waals surface area contributed by atoms with Gasteiger partial charge in [-0.25, -0.2) is 0 Å². The molecule has 0 aromatic carbocycles. The fourth-order valence-corrected chi connectivity index (χ4v) is 0.625. The second-order valence-electron chi connectivity index (χ2n) is 1.46. The maximum Gasteiger partial charge on any atom is -0.00484 e. The van der Waals surface area contributed by atoms with Gasteiger partial charge in [-0.1, -0.05) is 13.8 Å². The van der Waals surface area contributed by atoms with Crippen LogP contribution in [0.2, 0.25) is 0 Å². The topological polar surface area (TPSA) is 12.0 Å². The van der Waals surface area contributed by atoms with Crippen molar-refractivity contribution in [3.63, 3.8) is 0 Å². The van der Waals surface area contributed by atoms with E-state index in [-0.39, 0.29) is 24.0 Å². The van der Waals surface area contributed by atoms with Gasteiger partial charge in [0.15, 0.2) is 0 Å². The Kier molecular flexibility index (Phi) is 15.3. The summed E-state index contributed by atoms with van der Waals surface area (Å²) in [5, 5.41) is 3.22. The van der Waals surface area contributed by atoms with Crippen LogP contribution in [0.15, 0.2) is 0 Å². The highest BCUT2D eigenvalue weighted by atomic mass is 127. The molecule has 0 bridgehead atoms. The lowest BCUT2D eigenvalue weighted by Crippen LogP contribution is -2.03. The van der Waals surface area contributed by atoms with Crippen LogP contribution < -0.4 is 5.32 Å². The van der Waals surface area contributed by atoms with Crippen molar-refractivity contribution in [2.45, 2.75) is 26.7 Å². The van der Waals surface area contributed by atoms with Crippen LogP contribution in [0.25, 0.3) is 0 Å². The van der Waals surface area contributed by atoms with E-state index in [2.05, 4.69) is 5.32 Å². The Bertz CT molecular complexity index is 20.1. The van der Waals surface area contributed by atoms with Crippen LogP contribution in [0.1, 0.15) is 26.7 Å². The second kappa shape index (κ2) is 10.6. The van der Waals surface area contributed by atoms with Crippen molar-refractivity contribution in [2.75, 3.05) is 13.1 Å². The van der Waals surface area contributed by atoms with Crippen molar-refractivity contribution in [2.24, 2.45) is 0 Å². The van der Waals surface area contributed by atoms with Gasteiger partial charge in [0.05, 0.1) is 0 Å². The average molecular weight is 229 g/mol. The summed E-state index contributed by atoms with van der Waals surface area (Å²) in [4.78, 5) is 0. The van der Waals surface area contributed by atoms with E-state index in [1.165, 1.54) is 25.9 Å². The maximum absolute atomic E-state index is 3.22. The van der Waals surface area contributed by atoms with Gasteiger partial charge in [0.25, 0.3) is 0 Å². The second-order valence-corrected chi connectivity index (χ2v) is 1.46. The van der Waals surface area contributed by atoms with E-state index >= 15 is 0 Å². The van der Waals surface area contributed by atoms with E-state index in [0.717, 1.165) is 0 Å². The number of nitrogens with one attached hydrogen (secondary N) is 1. The normalized spacial score (nSPS) is 15.8. The van der Waals surface area contributed by atoms with Gasteiger partial charge in [0.2, 0.25) is 0 Å². The largest absolute Gasteiger partial charge is 0.317 e. The zero-order valence-electron chi connectivity index (χ0n) is 5.74. The van der Waals surface area contributed by atoms with Crippen LogP contribution in [0, 0.1) is 0 Å². The third kappa shape index (κ3) is 6.69. The van der Waals surface area contributed by atoms with Crippen molar-refractivity contribution in [3.8, 4) is 0 Å². The molecule has 1 nitrogen and oxygen atoms in total. The highest BCUT2D eigenvalue weighted by Crippen LogP contribution is 1.90. The van der Waals surface area contributed by atoms with Crippen molar-refractivity contribution in [1.29, 1.82) is 0 Å². The molecule has 0 aliphatic carbocycles. The minimum atomic E-state index is 0. The molecule has 0 atom stereocenters. The van der Waals surface area contributed by atoms with Crippen molar-refractivity contribution < 1.29 is 0 Å². The van der Waals surface area contributed by atoms with E-state index < -0.39 is 0 Å².